The third-order valence-electron chi connectivity index (χ3n) is 3.89. The molecule has 4 aromatic rings. The van der Waals surface area contributed by atoms with Crippen LogP contribution in [0.25, 0.3) is 22.5 Å². The monoisotopic (exact) mass is 450 g/mol. The van der Waals surface area contributed by atoms with Gasteiger partial charge in [-0.05, 0) is 46.9 Å². The number of nitrogens with zero attached hydrogens (tertiary/aromatic N) is 3. The zero-order valence-corrected chi connectivity index (χ0v) is 16.0. The van der Waals surface area contributed by atoms with Crippen molar-refractivity contribution in [1.29, 1.82) is 0 Å². The van der Waals surface area contributed by atoms with E-state index in [1.165, 1.54) is 0 Å². The Hall–Kier alpha value is -2.80. The molecule has 0 spiro atoms. The minimum atomic E-state index is 0.487. The van der Waals surface area contributed by atoms with Crippen molar-refractivity contribution in [2.24, 2.45) is 10.2 Å². The number of hydrogen-bond donors (Lipinski definition) is 1. The molecule has 0 bridgehead atoms. The van der Waals surface area contributed by atoms with E-state index in [1.807, 2.05) is 72.8 Å². The highest BCUT2D eigenvalue weighted by molar-refractivity contribution is 14.1. The van der Waals surface area contributed by atoms with Gasteiger partial charge in [0.1, 0.15) is 0 Å². The molecule has 1 heterocycles. The van der Waals surface area contributed by atoms with Crippen LogP contribution >= 0.6 is 22.6 Å². The van der Waals surface area contributed by atoms with E-state index < -0.39 is 0 Å². The summed E-state index contributed by atoms with van der Waals surface area (Å²) in [5.74, 6) is 0.487. The molecule has 0 aliphatic rings. The molecule has 0 aliphatic carbocycles. The summed E-state index contributed by atoms with van der Waals surface area (Å²) in [6, 6.07) is 28.1. The summed E-state index contributed by atoms with van der Waals surface area (Å²) in [6.45, 7) is 0. The Morgan fingerprint density at radius 1 is 0.692 bits per heavy atom. The third kappa shape index (κ3) is 3.72. The molecular weight excluding hydrogens is 435 g/mol. The van der Waals surface area contributed by atoms with Gasteiger partial charge in [0.2, 0.25) is 5.95 Å². The van der Waals surface area contributed by atoms with Crippen molar-refractivity contribution in [3.63, 3.8) is 0 Å². The lowest BCUT2D eigenvalue weighted by atomic mass is 10.1. The fourth-order valence-corrected chi connectivity index (χ4v) is 3.00. The smallest absolute Gasteiger partial charge is 0.247 e. The molecule has 4 nitrogen and oxygen atoms in total. The minimum Gasteiger partial charge on any atom is -0.320 e. The average Bonchev–Trinajstić information content (AvgIpc) is 3.13. The van der Waals surface area contributed by atoms with Crippen molar-refractivity contribution in [2.45, 2.75) is 0 Å². The molecule has 1 aromatic heterocycles. The Bertz CT molecular complexity index is 966. The van der Waals surface area contributed by atoms with E-state index in [1.54, 1.807) is 0 Å². The van der Waals surface area contributed by atoms with Gasteiger partial charge in [0.25, 0.3) is 0 Å². The lowest BCUT2D eigenvalue weighted by Crippen LogP contribution is -1.82. The molecule has 3 aromatic carbocycles. The summed E-state index contributed by atoms with van der Waals surface area (Å²) in [7, 11) is 0. The van der Waals surface area contributed by atoms with E-state index in [4.69, 9.17) is 0 Å². The van der Waals surface area contributed by atoms with E-state index in [0.717, 1.165) is 31.8 Å². The molecule has 4 rings (SSSR count). The van der Waals surface area contributed by atoms with Crippen molar-refractivity contribution in [3.8, 4) is 22.5 Å². The summed E-state index contributed by atoms with van der Waals surface area (Å²) >= 11 is 2.27. The maximum atomic E-state index is 4.67. The summed E-state index contributed by atoms with van der Waals surface area (Å²) in [5.41, 5.74) is 4.71. The largest absolute Gasteiger partial charge is 0.320 e. The first-order chi connectivity index (χ1) is 12.8. The second-order valence-electron chi connectivity index (χ2n) is 5.69. The molecule has 0 unspecified atom stereocenters. The lowest BCUT2D eigenvalue weighted by Gasteiger charge is -2.02. The molecule has 0 amide bonds. The van der Waals surface area contributed by atoms with Crippen LogP contribution < -0.4 is 0 Å². The fourth-order valence-electron chi connectivity index (χ4n) is 2.64. The fraction of sp³-hybridized carbons (Fsp3) is 0. The predicted octanol–water partition coefficient (Wildman–Crippen LogP) is 6.76. The number of halogens is 1. The van der Waals surface area contributed by atoms with Crippen LogP contribution in [-0.2, 0) is 0 Å². The number of aromatic amines is 1. The van der Waals surface area contributed by atoms with Crippen LogP contribution in [0, 0.1) is 3.57 Å². The molecule has 0 atom stereocenters. The van der Waals surface area contributed by atoms with Crippen molar-refractivity contribution in [2.75, 3.05) is 0 Å². The van der Waals surface area contributed by atoms with E-state index in [0.29, 0.717) is 5.95 Å². The highest BCUT2D eigenvalue weighted by Gasteiger charge is 2.13. The quantitative estimate of drug-likeness (QED) is 0.271. The first kappa shape index (κ1) is 16.7. The van der Waals surface area contributed by atoms with Gasteiger partial charge in [-0.1, -0.05) is 60.7 Å². The number of benzene rings is 3. The summed E-state index contributed by atoms with van der Waals surface area (Å²) < 4.78 is 1.16. The van der Waals surface area contributed by atoms with Gasteiger partial charge in [0.05, 0.1) is 17.1 Å². The Labute approximate surface area is 165 Å². The van der Waals surface area contributed by atoms with E-state index in [2.05, 4.69) is 54.9 Å². The average molecular weight is 450 g/mol. The summed E-state index contributed by atoms with van der Waals surface area (Å²) in [6.07, 6.45) is 0. The number of hydrogen-bond acceptors (Lipinski definition) is 3. The molecule has 0 saturated carbocycles. The van der Waals surface area contributed by atoms with E-state index in [-0.39, 0.29) is 0 Å². The SMILES string of the molecule is Ic1ccc(N=Nc2nc(-c3ccccc3)c(-c3ccccc3)[nH]2)cc1. The van der Waals surface area contributed by atoms with Gasteiger partial charge in [-0.2, -0.15) is 0 Å². The van der Waals surface area contributed by atoms with Crippen LogP contribution in [0.15, 0.2) is 95.2 Å². The van der Waals surface area contributed by atoms with Crippen molar-refractivity contribution in [1.82, 2.24) is 9.97 Å². The predicted molar refractivity (Wildman–Crippen MR) is 113 cm³/mol. The van der Waals surface area contributed by atoms with Gasteiger partial charge in [0, 0.05) is 14.7 Å². The lowest BCUT2D eigenvalue weighted by molar-refractivity contribution is 1.13. The highest BCUT2D eigenvalue weighted by atomic mass is 127. The number of azo groups is 1. The van der Waals surface area contributed by atoms with Crippen LogP contribution in [0.5, 0.6) is 0 Å². The summed E-state index contributed by atoms with van der Waals surface area (Å²) in [4.78, 5) is 7.98. The topological polar surface area (TPSA) is 53.4 Å². The molecule has 5 heteroatoms. The maximum absolute atomic E-state index is 4.67. The van der Waals surface area contributed by atoms with Gasteiger partial charge >= 0.3 is 0 Å². The van der Waals surface area contributed by atoms with E-state index in [9.17, 15) is 0 Å². The van der Waals surface area contributed by atoms with Crippen molar-refractivity contribution < 1.29 is 0 Å². The van der Waals surface area contributed by atoms with Crippen molar-refractivity contribution >= 4 is 34.2 Å². The van der Waals surface area contributed by atoms with Crippen LogP contribution in [0.3, 0.4) is 0 Å². The molecule has 0 saturated heterocycles. The maximum Gasteiger partial charge on any atom is 0.247 e. The molecule has 1 N–H and O–H groups in total. The van der Waals surface area contributed by atoms with Crippen LogP contribution in [-0.4, -0.2) is 9.97 Å². The Kier molecular flexibility index (Phi) is 4.88. The number of imidazole rings is 1. The van der Waals surface area contributed by atoms with E-state index >= 15 is 0 Å². The highest BCUT2D eigenvalue weighted by Crippen LogP contribution is 2.32. The van der Waals surface area contributed by atoms with Crippen LogP contribution in [0.1, 0.15) is 0 Å². The molecule has 26 heavy (non-hydrogen) atoms. The van der Waals surface area contributed by atoms with Crippen molar-refractivity contribution in [3.05, 3.63) is 88.5 Å². The second-order valence-corrected chi connectivity index (χ2v) is 6.94. The zero-order chi connectivity index (χ0) is 17.8. The number of aromatic nitrogens is 2. The van der Waals surface area contributed by atoms with Gasteiger partial charge < -0.3 is 4.98 Å². The van der Waals surface area contributed by atoms with Gasteiger partial charge in [-0.25, -0.2) is 4.98 Å². The number of H-pyrrole nitrogens is 1. The molecular formula is C21H15IN4. The molecule has 0 radical (unpaired) electrons. The number of rotatable bonds is 4. The zero-order valence-electron chi connectivity index (χ0n) is 13.8. The summed E-state index contributed by atoms with van der Waals surface area (Å²) in [5, 5.41) is 8.58. The van der Waals surface area contributed by atoms with Crippen LogP contribution in [0.2, 0.25) is 0 Å². The normalized spacial score (nSPS) is 11.1. The molecule has 0 aliphatic heterocycles. The van der Waals surface area contributed by atoms with Gasteiger partial charge in [-0.3, -0.25) is 0 Å². The van der Waals surface area contributed by atoms with Gasteiger partial charge in [0.15, 0.2) is 0 Å². The minimum absolute atomic E-state index is 0.487. The van der Waals surface area contributed by atoms with Crippen LogP contribution in [0.4, 0.5) is 11.6 Å². The molecule has 0 fully saturated rings. The molecule has 126 valence electrons. The van der Waals surface area contributed by atoms with Gasteiger partial charge in [-0.15, -0.1) is 10.2 Å². The first-order valence-electron chi connectivity index (χ1n) is 8.18. The first-order valence-corrected chi connectivity index (χ1v) is 9.25. The standard InChI is InChI=1S/C21H15IN4/c22-17-11-13-18(14-12-17)25-26-21-23-19(15-7-3-1-4-8-15)20(24-21)16-9-5-2-6-10-16/h1-14H,(H,23,24). The Balaban J connectivity index is 1.75. The Morgan fingerprint density at radius 2 is 1.31 bits per heavy atom. The Morgan fingerprint density at radius 3 is 1.96 bits per heavy atom. The number of nitrogens with one attached hydrogen (secondary N) is 1. The third-order valence-corrected chi connectivity index (χ3v) is 4.61. The second kappa shape index (κ2) is 7.61.